The zero-order valence-electron chi connectivity index (χ0n) is 14.9. The van der Waals surface area contributed by atoms with E-state index in [0.717, 1.165) is 31.4 Å². The van der Waals surface area contributed by atoms with E-state index in [1.165, 1.54) is 23.1 Å². The second-order valence-electron chi connectivity index (χ2n) is 6.86. The Hall–Kier alpha value is -2.80. The summed E-state index contributed by atoms with van der Waals surface area (Å²) in [5.41, 5.74) is 8.83. The van der Waals surface area contributed by atoms with E-state index in [4.69, 9.17) is 16.1 Å². The molecular weight excluding hydrogens is 356 g/mol. The summed E-state index contributed by atoms with van der Waals surface area (Å²) < 4.78 is 0. The molecular formula is C20H22N6S. The molecule has 7 heteroatoms. The summed E-state index contributed by atoms with van der Waals surface area (Å²) in [5, 5.41) is 14.4. The number of aromatic nitrogens is 3. The summed E-state index contributed by atoms with van der Waals surface area (Å²) in [5.74, 6) is 1.45. The minimum atomic E-state index is 0.310. The minimum absolute atomic E-state index is 0.310. The van der Waals surface area contributed by atoms with Crippen molar-refractivity contribution in [3.8, 4) is 0 Å². The average molecular weight is 379 g/mol. The van der Waals surface area contributed by atoms with Crippen LogP contribution < -0.4 is 11.1 Å². The van der Waals surface area contributed by atoms with E-state index in [2.05, 4.69) is 44.9 Å². The fourth-order valence-corrected chi connectivity index (χ4v) is 4.56. The van der Waals surface area contributed by atoms with Crippen molar-refractivity contribution < 1.29 is 0 Å². The van der Waals surface area contributed by atoms with Gasteiger partial charge in [0.1, 0.15) is 18.0 Å². The number of hydrogen-bond donors (Lipinski definition) is 3. The van der Waals surface area contributed by atoms with Gasteiger partial charge in [0, 0.05) is 30.0 Å². The van der Waals surface area contributed by atoms with Crippen LogP contribution in [0.4, 0.5) is 11.6 Å². The summed E-state index contributed by atoms with van der Waals surface area (Å²) in [6.07, 6.45) is 6.71. The molecule has 2 aromatic heterocycles. The molecule has 2 heterocycles. The maximum Gasteiger partial charge on any atom is 0.140 e. The third-order valence-corrected chi connectivity index (χ3v) is 6.04. The number of anilines is 2. The molecule has 1 aliphatic carbocycles. The highest BCUT2D eigenvalue weighted by Crippen LogP contribution is 2.37. The number of hydrogen-bond acceptors (Lipinski definition) is 7. The topological polar surface area (TPSA) is 101 Å². The summed E-state index contributed by atoms with van der Waals surface area (Å²) >= 11 is 1.76. The minimum Gasteiger partial charge on any atom is -0.383 e. The highest BCUT2D eigenvalue weighted by atomic mass is 32.1. The largest absolute Gasteiger partial charge is 0.383 e. The number of nitrogens with zero attached hydrogens (tertiary/aromatic N) is 3. The van der Waals surface area contributed by atoms with Gasteiger partial charge in [-0.3, -0.25) is 0 Å². The number of benzene rings is 1. The second kappa shape index (κ2) is 7.84. The first-order valence-corrected chi connectivity index (χ1v) is 9.96. The molecule has 1 fully saturated rings. The predicted octanol–water partition coefficient (Wildman–Crippen LogP) is 3.85. The molecule has 0 radical (unpaired) electrons. The van der Waals surface area contributed by atoms with Crippen LogP contribution in [-0.2, 0) is 6.42 Å². The maximum absolute atomic E-state index is 7.54. The normalized spacial score (nSPS) is 19.1. The Morgan fingerprint density at radius 2 is 2.07 bits per heavy atom. The Morgan fingerprint density at radius 1 is 1.22 bits per heavy atom. The van der Waals surface area contributed by atoms with Crippen LogP contribution in [0.1, 0.15) is 47.0 Å². The molecule has 0 saturated heterocycles. The monoisotopic (exact) mass is 378 g/mol. The Bertz CT molecular complexity index is 923. The second-order valence-corrected chi connectivity index (χ2v) is 7.75. The molecule has 1 aliphatic rings. The zero-order chi connectivity index (χ0) is 18.6. The summed E-state index contributed by atoms with van der Waals surface area (Å²) in [6, 6.07) is 10.8. The molecule has 4 rings (SSSR count). The van der Waals surface area contributed by atoms with Crippen molar-refractivity contribution in [2.24, 2.45) is 0 Å². The van der Waals surface area contributed by atoms with Gasteiger partial charge in [0.15, 0.2) is 0 Å². The van der Waals surface area contributed by atoms with Crippen molar-refractivity contribution in [1.82, 2.24) is 15.0 Å². The van der Waals surface area contributed by atoms with Crippen LogP contribution in [0.25, 0.3) is 0 Å². The summed E-state index contributed by atoms with van der Waals surface area (Å²) in [6.45, 7) is 0. The molecule has 2 atom stereocenters. The van der Waals surface area contributed by atoms with Crippen molar-refractivity contribution in [2.45, 2.75) is 37.6 Å². The molecule has 6 nitrogen and oxygen atoms in total. The third kappa shape index (κ3) is 3.98. The number of nitrogens with two attached hydrogens (primary N) is 1. The standard InChI is InChI=1S/C20H22N6S/c21-10-17-18(22)23-12-24-19(17)25-15-7-6-14(9-15)20-26-16(11-27-20)8-13-4-2-1-3-5-13/h1-5,10-12,14-15,21H,6-9H2,(H3,22,23,24,25). The van der Waals surface area contributed by atoms with Gasteiger partial charge in [-0.2, -0.15) is 0 Å². The van der Waals surface area contributed by atoms with E-state index in [1.807, 2.05) is 6.07 Å². The third-order valence-electron chi connectivity index (χ3n) is 4.98. The van der Waals surface area contributed by atoms with Crippen LogP contribution in [0.15, 0.2) is 42.0 Å². The van der Waals surface area contributed by atoms with Gasteiger partial charge in [-0.25, -0.2) is 15.0 Å². The van der Waals surface area contributed by atoms with Crippen molar-refractivity contribution in [1.29, 1.82) is 5.41 Å². The van der Waals surface area contributed by atoms with E-state index in [0.29, 0.717) is 29.2 Å². The zero-order valence-corrected chi connectivity index (χ0v) is 15.7. The van der Waals surface area contributed by atoms with Gasteiger partial charge in [0.2, 0.25) is 0 Å². The number of rotatable bonds is 6. The fraction of sp³-hybridized carbons (Fsp3) is 0.300. The van der Waals surface area contributed by atoms with E-state index in [-0.39, 0.29) is 0 Å². The maximum atomic E-state index is 7.54. The van der Waals surface area contributed by atoms with Gasteiger partial charge in [-0.15, -0.1) is 11.3 Å². The van der Waals surface area contributed by atoms with Crippen LogP contribution in [0, 0.1) is 5.41 Å². The number of nitrogens with one attached hydrogen (secondary N) is 2. The predicted molar refractivity (Wildman–Crippen MR) is 110 cm³/mol. The van der Waals surface area contributed by atoms with E-state index in [9.17, 15) is 0 Å². The Kier molecular flexibility index (Phi) is 5.11. The van der Waals surface area contributed by atoms with E-state index < -0.39 is 0 Å². The van der Waals surface area contributed by atoms with Gasteiger partial charge < -0.3 is 16.5 Å². The van der Waals surface area contributed by atoms with Crippen LogP contribution >= 0.6 is 11.3 Å². The highest BCUT2D eigenvalue weighted by Gasteiger charge is 2.28. The molecule has 1 aromatic carbocycles. The van der Waals surface area contributed by atoms with Crippen LogP contribution in [0.2, 0.25) is 0 Å². The van der Waals surface area contributed by atoms with Gasteiger partial charge in [-0.05, 0) is 24.8 Å². The van der Waals surface area contributed by atoms with Crippen molar-refractivity contribution in [3.63, 3.8) is 0 Å². The lowest BCUT2D eigenvalue weighted by atomic mass is 10.1. The first kappa shape index (κ1) is 17.6. The Labute approximate surface area is 162 Å². The van der Waals surface area contributed by atoms with Crippen molar-refractivity contribution >= 4 is 29.2 Å². The molecule has 1 saturated carbocycles. The Balaban J connectivity index is 1.40. The molecule has 0 spiro atoms. The van der Waals surface area contributed by atoms with E-state index >= 15 is 0 Å². The SMILES string of the molecule is N=Cc1c(N)ncnc1NC1CCC(c2nc(Cc3ccccc3)cs2)C1. The van der Waals surface area contributed by atoms with Gasteiger partial charge in [-0.1, -0.05) is 30.3 Å². The van der Waals surface area contributed by atoms with Crippen LogP contribution in [-0.4, -0.2) is 27.2 Å². The first-order chi connectivity index (χ1) is 13.2. The number of nitrogen functional groups attached to an aromatic ring is 1. The fourth-order valence-electron chi connectivity index (χ4n) is 3.59. The summed E-state index contributed by atoms with van der Waals surface area (Å²) in [4.78, 5) is 13.1. The molecule has 0 bridgehead atoms. The quantitative estimate of drug-likeness (QED) is 0.566. The van der Waals surface area contributed by atoms with Crippen molar-refractivity contribution in [3.05, 3.63) is 63.9 Å². The lowest BCUT2D eigenvalue weighted by Gasteiger charge is -2.15. The molecule has 3 aromatic rings. The van der Waals surface area contributed by atoms with Crippen LogP contribution in [0.3, 0.4) is 0 Å². The first-order valence-electron chi connectivity index (χ1n) is 9.08. The van der Waals surface area contributed by atoms with E-state index in [1.54, 1.807) is 11.3 Å². The van der Waals surface area contributed by atoms with Gasteiger partial charge in [0.25, 0.3) is 0 Å². The molecule has 2 unspecified atom stereocenters. The molecule has 4 N–H and O–H groups in total. The Morgan fingerprint density at radius 3 is 2.89 bits per heavy atom. The van der Waals surface area contributed by atoms with Crippen molar-refractivity contribution in [2.75, 3.05) is 11.1 Å². The average Bonchev–Trinajstić information content (AvgIpc) is 3.32. The molecule has 138 valence electrons. The smallest absolute Gasteiger partial charge is 0.140 e. The summed E-state index contributed by atoms with van der Waals surface area (Å²) in [7, 11) is 0. The molecule has 0 aliphatic heterocycles. The van der Waals surface area contributed by atoms with Gasteiger partial charge in [0.05, 0.1) is 16.3 Å². The lowest BCUT2D eigenvalue weighted by Crippen LogP contribution is -2.18. The molecule has 27 heavy (non-hydrogen) atoms. The van der Waals surface area contributed by atoms with Crippen LogP contribution in [0.5, 0.6) is 0 Å². The highest BCUT2D eigenvalue weighted by molar-refractivity contribution is 7.09. The molecule has 0 amide bonds. The number of thiazole rings is 1. The lowest BCUT2D eigenvalue weighted by molar-refractivity contribution is 0.693. The van der Waals surface area contributed by atoms with Gasteiger partial charge >= 0.3 is 0 Å².